The lowest BCUT2D eigenvalue weighted by atomic mass is 10.2. The zero-order chi connectivity index (χ0) is 12.7. The number of carbonyl (C=O) groups excluding carboxylic acids is 2. The van der Waals surface area contributed by atoms with Crippen LogP contribution in [0.15, 0.2) is 0 Å². The zero-order valence-corrected chi connectivity index (χ0v) is 10.1. The summed E-state index contributed by atoms with van der Waals surface area (Å²) in [6.07, 6.45) is 1.79. The van der Waals surface area contributed by atoms with E-state index in [2.05, 4.69) is 18.9 Å². The summed E-state index contributed by atoms with van der Waals surface area (Å²) in [5.41, 5.74) is 0. The van der Waals surface area contributed by atoms with Crippen LogP contribution >= 0.6 is 0 Å². The first-order valence-corrected chi connectivity index (χ1v) is 5.76. The number of carbonyl (C=O) groups is 2. The summed E-state index contributed by atoms with van der Waals surface area (Å²) in [6, 6.07) is 0. The van der Waals surface area contributed by atoms with Crippen molar-refractivity contribution < 1.29 is 28.5 Å². The number of hydrogen-bond acceptors (Lipinski definition) is 6. The van der Waals surface area contributed by atoms with Gasteiger partial charge in [0.1, 0.15) is 12.2 Å². The second kappa shape index (κ2) is 6.98. The summed E-state index contributed by atoms with van der Waals surface area (Å²) in [5.74, 6) is 0. The van der Waals surface area contributed by atoms with Crippen LogP contribution in [-0.4, -0.2) is 37.7 Å². The fraction of sp³-hybridized carbons (Fsp3) is 0.818. The van der Waals surface area contributed by atoms with Gasteiger partial charge in [-0.2, -0.15) is 0 Å². The monoisotopic (exact) mass is 246 g/mol. The van der Waals surface area contributed by atoms with Crippen molar-refractivity contribution in [3.05, 3.63) is 0 Å². The van der Waals surface area contributed by atoms with Crippen molar-refractivity contribution in [3.8, 4) is 0 Å². The molecule has 2 aliphatic rings. The highest BCUT2D eigenvalue weighted by Gasteiger charge is 2.28. The molecular formula is C11H18O6. The average molecular weight is 246 g/mol. The Morgan fingerprint density at radius 3 is 1.65 bits per heavy atom. The normalized spacial score (nSPS) is 28.4. The van der Waals surface area contributed by atoms with Gasteiger partial charge in [-0.25, -0.2) is 9.59 Å². The lowest BCUT2D eigenvalue weighted by Gasteiger charge is -2.09. The Balaban J connectivity index is 0.000000171. The van der Waals surface area contributed by atoms with E-state index in [4.69, 9.17) is 0 Å². The molecule has 0 aromatic carbocycles. The van der Waals surface area contributed by atoms with E-state index in [1.54, 1.807) is 13.8 Å². The first-order valence-electron chi connectivity index (χ1n) is 5.76. The standard InChI is InChI=1S/C6H10O3.C5H8O3/c7-6-8-4-2-1-3-5-9-6;1-3-4(2)8-5(6)7-3/h1-5H2;3-4H,1-2H3. The number of cyclic esters (lactones) is 4. The van der Waals surface area contributed by atoms with Gasteiger partial charge in [0.2, 0.25) is 0 Å². The van der Waals surface area contributed by atoms with Crippen molar-refractivity contribution in [1.82, 2.24) is 0 Å². The van der Waals surface area contributed by atoms with Gasteiger partial charge in [0.15, 0.2) is 0 Å². The molecule has 2 atom stereocenters. The lowest BCUT2D eigenvalue weighted by Crippen LogP contribution is -2.13. The third-order valence-electron chi connectivity index (χ3n) is 2.45. The molecule has 6 heteroatoms. The van der Waals surface area contributed by atoms with Crippen LogP contribution in [0.25, 0.3) is 0 Å². The highest BCUT2D eigenvalue weighted by atomic mass is 16.8. The van der Waals surface area contributed by atoms with Crippen LogP contribution in [0, 0.1) is 0 Å². The van der Waals surface area contributed by atoms with Crippen molar-refractivity contribution in [2.45, 2.75) is 45.3 Å². The Morgan fingerprint density at radius 2 is 1.29 bits per heavy atom. The van der Waals surface area contributed by atoms with E-state index in [9.17, 15) is 9.59 Å². The van der Waals surface area contributed by atoms with Gasteiger partial charge in [-0.1, -0.05) is 0 Å². The molecular weight excluding hydrogens is 228 g/mol. The maximum Gasteiger partial charge on any atom is 0.509 e. The number of hydrogen-bond donors (Lipinski definition) is 0. The quantitative estimate of drug-likeness (QED) is 0.610. The van der Waals surface area contributed by atoms with Crippen LogP contribution in [0.4, 0.5) is 9.59 Å². The van der Waals surface area contributed by atoms with Crippen LogP contribution in [0.5, 0.6) is 0 Å². The molecule has 98 valence electrons. The molecule has 0 aliphatic carbocycles. The predicted octanol–water partition coefficient (Wildman–Crippen LogP) is 2.25. The third-order valence-corrected chi connectivity index (χ3v) is 2.45. The minimum atomic E-state index is -0.551. The molecule has 2 saturated heterocycles. The molecule has 6 nitrogen and oxygen atoms in total. The highest BCUT2D eigenvalue weighted by molar-refractivity contribution is 5.62. The fourth-order valence-electron chi connectivity index (χ4n) is 1.26. The van der Waals surface area contributed by atoms with Crippen LogP contribution < -0.4 is 0 Å². The second-order valence-electron chi connectivity index (χ2n) is 3.90. The van der Waals surface area contributed by atoms with Crippen LogP contribution in [0.1, 0.15) is 33.1 Å². The molecule has 0 saturated carbocycles. The summed E-state index contributed by atoms with van der Waals surface area (Å²) < 4.78 is 18.5. The van der Waals surface area contributed by atoms with Crippen molar-refractivity contribution >= 4 is 12.3 Å². The Labute approximate surface area is 100 Å². The molecule has 2 heterocycles. The van der Waals surface area contributed by atoms with Gasteiger partial charge < -0.3 is 18.9 Å². The van der Waals surface area contributed by atoms with E-state index in [0.717, 1.165) is 19.3 Å². The molecule has 0 amide bonds. The number of rotatable bonds is 0. The van der Waals surface area contributed by atoms with Gasteiger partial charge in [-0.3, -0.25) is 0 Å². The summed E-state index contributed by atoms with van der Waals surface area (Å²) in [4.78, 5) is 20.6. The second-order valence-corrected chi connectivity index (χ2v) is 3.90. The molecule has 2 rings (SSSR count). The average Bonchev–Trinajstić information content (AvgIpc) is 2.51. The van der Waals surface area contributed by atoms with E-state index in [1.807, 2.05) is 0 Å². The maximum atomic E-state index is 10.4. The summed E-state index contributed by atoms with van der Waals surface area (Å²) >= 11 is 0. The zero-order valence-electron chi connectivity index (χ0n) is 10.1. The summed E-state index contributed by atoms with van der Waals surface area (Å²) in [7, 11) is 0. The van der Waals surface area contributed by atoms with Crippen molar-refractivity contribution in [3.63, 3.8) is 0 Å². The Morgan fingerprint density at radius 1 is 0.824 bits per heavy atom. The Bertz CT molecular complexity index is 243. The van der Waals surface area contributed by atoms with Crippen molar-refractivity contribution in [2.75, 3.05) is 13.2 Å². The lowest BCUT2D eigenvalue weighted by molar-refractivity contribution is 0.0435. The van der Waals surface area contributed by atoms with Gasteiger partial charge in [0, 0.05) is 0 Å². The topological polar surface area (TPSA) is 71.1 Å². The first-order chi connectivity index (χ1) is 8.09. The molecule has 17 heavy (non-hydrogen) atoms. The molecule has 0 aromatic rings. The minimum Gasteiger partial charge on any atom is -0.434 e. The molecule has 0 spiro atoms. The van der Waals surface area contributed by atoms with Gasteiger partial charge in [-0.15, -0.1) is 0 Å². The Hall–Kier alpha value is -1.46. The first kappa shape index (κ1) is 13.6. The van der Waals surface area contributed by atoms with Crippen LogP contribution in [0.2, 0.25) is 0 Å². The van der Waals surface area contributed by atoms with Crippen molar-refractivity contribution in [2.24, 2.45) is 0 Å². The van der Waals surface area contributed by atoms with E-state index in [1.165, 1.54) is 0 Å². The SMILES string of the molecule is CC1OC(=O)OC1C.O=C1OCCCCCO1. The largest absolute Gasteiger partial charge is 0.509 e. The molecule has 0 N–H and O–H groups in total. The summed E-state index contributed by atoms with van der Waals surface area (Å²) in [6.45, 7) is 4.63. The fourth-order valence-corrected chi connectivity index (χ4v) is 1.26. The highest BCUT2D eigenvalue weighted by Crippen LogP contribution is 2.12. The van der Waals surface area contributed by atoms with Gasteiger partial charge >= 0.3 is 12.3 Å². The van der Waals surface area contributed by atoms with Crippen LogP contribution in [0.3, 0.4) is 0 Å². The Kier molecular flexibility index (Phi) is 5.59. The molecule has 2 aliphatic heterocycles. The molecule has 0 radical (unpaired) electrons. The molecule has 2 unspecified atom stereocenters. The molecule has 2 fully saturated rings. The smallest absolute Gasteiger partial charge is 0.434 e. The van der Waals surface area contributed by atoms with Crippen molar-refractivity contribution in [1.29, 1.82) is 0 Å². The summed E-state index contributed by atoms with van der Waals surface area (Å²) in [5, 5.41) is 0. The van der Waals surface area contributed by atoms with Gasteiger partial charge in [0.25, 0.3) is 0 Å². The predicted molar refractivity (Wildman–Crippen MR) is 57.6 cm³/mol. The molecule has 0 bridgehead atoms. The van der Waals surface area contributed by atoms with E-state index in [-0.39, 0.29) is 12.2 Å². The molecule has 0 aromatic heterocycles. The maximum absolute atomic E-state index is 10.4. The van der Waals surface area contributed by atoms with Crippen LogP contribution in [-0.2, 0) is 18.9 Å². The number of ether oxygens (including phenoxy) is 4. The minimum absolute atomic E-state index is 0.0810. The van der Waals surface area contributed by atoms with E-state index < -0.39 is 12.3 Å². The third kappa shape index (κ3) is 5.42. The van der Waals surface area contributed by atoms with E-state index in [0.29, 0.717) is 13.2 Å². The van der Waals surface area contributed by atoms with E-state index >= 15 is 0 Å². The van der Waals surface area contributed by atoms with Gasteiger partial charge in [-0.05, 0) is 33.1 Å². The van der Waals surface area contributed by atoms with Gasteiger partial charge in [0.05, 0.1) is 13.2 Å².